The number of hydrogen-bond donors (Lipinski definition) is 2. The molecule has 1 atom stereocenters. The second kappa shape index (κ2) is 11.9. The summed E-state index contributed by atoms with van der Waals surface area (Å²) in [6, 6.07) is 24.2. The number of hydrogen-bond acceptors (Lipinski definition) is 3. The predicted molar refractivity (Wildman–Crippen MR) is 139 cm³/mol. The molecule has 33 heavy (non-hydrogen) atoms. The molecule has 0 bridgehead atoms. The molecule has 0 radical (unpaired) electrons. The molecule has 2 N–H and O–H groups in total. The van der Waals surface area contributed by atoms with Gasteiger partial charge in [0.1, 0.15) is 12.0 Å². The molecule has 0 aliphatic rings. The summed E-state index contributed by atoms with van der Waals surface area (Å²) in [5, 5.41) is 13.6. The van der Waals surface area contributed by atoms with Crippen molar-refractivity contribution in [1.29, 1.82) is 0 Å². The van der Waals surface area contributed by atoms with Crippen molar-refractivity contribution < 1.29 is 9.90 Å². The number of nitrogens with one attached hydrogen (secondary N) is 1. The largest absolute Gasteiger partial charge is 0.508 e. The molecule has 1 unspecified atom stereocenters. The second-order valence-electron chi connectivity index (χ2n) is 8.50. The van der Waals surface area contributed by atoms with Crippen molar-refractivity contribution in [2.45, 2.75) is 46.1 Å². The fourth-order valence-electron chi connectivity index (χ4n) is 3.80. The minimum atomic E-state index is 0.254. The van der Waals surface area contributed by atoms with Crippen LogP contribution in [0, 0.1) is 0 Å². The maximum absolute atomic E-state index is 10.7. The van der Waals surface area contributed by atoms with Gasteiger partial charge in [-0.2, -0.15) is 0 Å². The summed E-state index contributed by atoms with van der Waals surface area (Å²) in [6.07, 6.45) is 6.58. The second-order valence-corrected chi connectivity index (χ2v) is 8.50. The quantitative estimate of drug-likeness (QED) is 0.198. The molecule has 3 aromatic carbocycles. The minimum Gasteiger partial charge on any atom is -0.508 e. The molecule has 0 heterocycles. The molecule has 0 aliphatic carbocycles. The Bertz CT molecular complexity index is 1130. The number of allylic oxidation sites excluding steroid dienone is 4. The number of anilines is 1. The molecular formula is C30H33NO2. The van der Waals surface area contributed by atoms with Gasteiger partial charge in [0.15, 0.2) is 0 Å². The first-order valence-corrected chi connectivity index (χ1v) is 11.5. The van der Waals surface area contributed by atoms with Crippen molar-refractivity contribution in [3.63, 3.8) is 0 Å². The molecule has 0 saturated carbocycles. The molecular weight excluding hydrogens is 406 g/mol. The first-order valence-electron chi connectivity index (χ1n) is 11.5. The van der Waals surface area contributed by atoms with E-state index in [-0.39, 0.29) is 11.7 Å². The molecule has 3 nitrogen and oxygen atoms in total. The van der Waals surface area contributed by atoms with Crippen molar-refractivity contribution in [3.05, 3.63) is 113 Å². The van der Waals surface area contributed by atoms with E-state index in [2.05, 4.69) is 74.6 Å². The molecule has 3 aromatic rings. The first-order chi connectivity index (χ1) is 16.0. The Morgan fingerprint density at radius 1 is 0.939 bits per heavy atom. The third-order valence-corrected chi connectivity index (χ3v) is 6.03. The van der Waals surface area contributed by atoms with Crippen LogP contribution in [0.3, 0.4) is 0 Å². The van der Waals surface area contributed by atoms with Crippen LogP contribution >= 0.6 is 0 Å². The van der Waals surface area contributed by atoms with E-state index in [1.807, 2.05) is 30.3 Å². The lowest BCUT2D eigenvalue weighted by Gasteiger charge is -2.15. The highest BCUT2D eigenvalue weighted by molar-refractivity contribution is 5.77. The fourth-order valence-corrected chi connectivity index (χ4v) is 3.80. The number of aromatic hydroxyl groups is 1. The third kappa shape index (κ3) is 6.95. The lowest BCUT2D eigenvalue weighted by molar-refractivity contribution is -0.107. The van der Waals surface area contributed by atoms with Crippen LogP contribution in [-0.4, -0.2) is 11.4 Å². The van der Waals surface area contributed by atoms with Gasteiger partial charge in [-0.25, -0.2) is 0 Å². The van der Waals surface area contributed by atoms with Gasteiger partial charge in [0.2, 0.25) is 0 Å². The Balaban J connectivity index is 1.77. The number of phenolic OH excluding ortho intramolecular Hbond substituents is 1. The van der Waals surface area contributed by atoms with Gasteiger partial charge in [-0.1, -0.05) is 79.2 Å². The van der Waals surface area contributed by atoms with E-state index in [4.69, 9.17) is 0 Å². The van der Waals surface area contributed by atoms with Crippen LogP contribution in [0.5, 0.6) is 5.75 Å². The standard InChI is InChI=1S/C30H33NO2/c1-22(24(3)27-13-7-11-25(19-27)12-8-18-32)14-15-23(2)29-20-28(33)16-17-30(29)31-21-26-9-5-4-6-10-26/h4-7,9-11,13-20,24,31,33H,8,12,21H2,1-3H3/b22-14-,23-15+. The first kappa shape index (κ1) is 24.1. The highest BCUT2D eigenvalue weighted by atomic mass is 16.3. The van der Waals surface area contributed by atoms with Gasteiger partial charge in [-0.3, -0.25) is 0 Å². The Morgan fingerprint density at radius 2 is 1.70 bits per heavy atom. The summed E-state index contributed by atoms with van der Waals surface area (Å²) < 4.78 is 0. The maximum Gasteiger partial charge on any atom is 0.120 e. The Hall–Kier alpha value is -3.59. The summed E-state index contributed by atoms with van der Waals surface area (Å²) >= 11 is 0. The zero-order chi connectivity index (χ0) is 23.6. The summed E-state index contributed by atoms with van der Waals surface area (Å²) in [4.78, 5) is 10.7. The van der Waals surface area contributed by atoms with Gasteiger partial charge in [0.05, 0.1) is 0 Å². The van der Waals surface area contributed by atoms with Gasteiger partial charge >= 0.3 is 0 Å². The van der Waals surface area contributed by atoms with Crippen LogP contribution in [0.2, 0.25) is 0 Å². The smallest absolute Gasteiger partial charge is 0.120 e. The lowest BCUT2D eigenvalue weighted by atomic mass is 9.91. The SMILES string of the molecule is C/C(=C/C=C(\C)c1cc(O)ccc1NCc1ccccc1)C(C)c1cccc(CCC=O)c1. The average Bonchev–Trinajstić information content (AvgIpc) is 2.85. The van der Waals surface area contributed by atoms with Crippen LogP contribution in [-0.2, 0) is 17.8 Å². The number of benzene rings is 3. The van der Waals surface area contributed by atoms with Crippen molar-refractivity contribution in [2.75, 3.05) is 5.32 Å². The third-order valence-electron chi connectivity index (χ3n) is 6.03. The van der Waals surface area contributed by atoms with Crippen LogP contribution < -0.4 is 5.32 Å². The summed E-state index contributed by atoms with van der Waals surface area (Å²) in [6.45, 7) is 7.13. The van der Waals surface area contributed by atoms with Gasteiger partial charge in [-0.05, 0) is 60.7 Å². The average molecular weight is 440 g/mol. The number of phenols is 1. The Labute approximate surface area is 197 Å². The number of carbonyl (C=O) groups excluding carboxylic acids is 1. The van der Waals surface area contributed by atoms with E-state index in [1.165, 1.54) is 22.3 Å². The Kier molecular flexibility index (Phi) is 8.65. The lowest BCUT2D eigenvalue weighted by Crippen LogP contribution is -2.01. The van der Waals surface area contributed by atoms with Gasteiger partial charge in [0, 0.05) is 30.1 Å². The molecule has 0 spiro atoms. The minimum absolute atomic E-state index is 0.254. The molecule has 170 valence electrons. The predicted octanol–water partition coefficient (Wildman–Crippen LogP) is 7.29. The van der Waals surface area contributed by atoms with Crippen LogP contribution in [0.1, 0.15) is 55.4 Å². The van der Waals surface area contributed by atoms with Crippen LogP contribution in [0.25, 0.3) is 5.57 Å². The van der Waals surface area contributed by atoms with E-state index in [0.717, 1.165) is 36.1 Å². The zero-order valence-corrected chi connectivity index (χ0v) is 19.7. The molecule has 0 aromatic heterocycles. The van der Waals surface area contributed by atoms with Crippen LogP contribution in [0.4, 0.5) is 5.69 Å². The van der Waals surface area contributed by atoms with E-state index in [1.54, 1.807) is 6.07 Å². The summed E-state index contributed by atoms with van der Waals surface area (Å²) in [7, 11) is 0. The maximum atomic E-state index is 10.7. The van der Waals surface area contributed by atoms with Crippen molar-refractivity contribution in [3.8, 4) is 5.75 Å². The topological polar surface area (TPSA) is 49.3 Å². The van der Waals surface area contributed by atoms with Crippen molar-refractivity contribution in [2.24, 2.45) is 0 Å². The summed E-state index contributed by atoms with van der Waals surface area (Å²) in [5.74, 6) is 0.523. The highest BCUT2D eigenvalue weighted by Crippen LogP contribution is 2.30. The van der Waals surface area contributed by atoms with Gasteiger partial charge in [0.25, 0.3) is 0 Å². The van der Waals surface area contributed by atoms with E-state index < -0.39 is 0 Å². The van der Waals surface area contributed by atoms with E-state index in [0.29, 0.717) is 6.42 Å². The molecule has 0 amide bonds. The number of aldehydes is 1. The van der Waals surface area contributed by atoms with Crippen molar-refractivity contribution in [1.82, 2.24) is 0 Å². The zero-order valence-electron chi connectivity index (χ0n) is 19.7. The monoisotopic (exact) mass is 439 g/mol. The highest BCUT2D eigenvalue weighted by Gasteiger charge is 2.09. The number of aryl methyl sites for hydroxylation is 1. The summed E-state index contributed by atoms with van der Waals surface area (Å²) in [5.41, 5.74) is 7.96. The Morgan fingerprint density at radius 3 is 2.45 bits per heavy atom. The van der Waals surface area contributed by atoms with Gasteiger partial charge in [-0.15, -0.1) is 0 Å². The van der Waals surface area contributed by atoms with Crippen molar-refractivity contribution >= 4 is 17.5 Å². The molecule has 3 heteroatoms. The molecule has 0 fully saturated rings. The molecule has 0 saturated heterocycles. The fraction of sp³-hybridized carbons (Fsp3) is 0.233. The van der Waals surface area contributed by atoms with E-state index in [9.17, 15) is 9.90 Å². The van der Waals surface area contributed by atoms with E-state index >= 15 is 0 Å². The van der Waals surface area contributed by atoms with Gasteiger partial charge < -0.3 is 15.2 Å². The normalized spacial score (nSPS) is 12.9. The van der Waals surface area contributed by atoms with Crippen LogP contribution in [0.15, 0.2) is 90.5 Å². The number of carbonyl (C=O) groups is 1. The molecule has 0 aliphatic heterocycles. The molecule has 3 rings (SSSR count). The number of rotatable bonds is 10.